The van der Waals surface area contributed by atoms with Gasteiger partial charge in [0.2, 0.25) is 0 Å². The zero-order valence-electron chi connectivity index (χ0n) is 11.1. The molecule has 6 nitrogen and oxygen atoms in total. The molecule has 0 radical (unpaired) electrons. The molecule has 0 spiro atoms. The summed E-state index contributed by atoms with van der Waals surface area (Å²) in [5.74, 6) is 0.506. The van der Waals surface area contributed by atoms with Crippen molar-refractivity contribution >= 4 is 0 Å². The molecule has 0 atom stereocenters. The van der Waals surface area contributed by atoms with E-state index >= 15 is 0 Å². The second-order valence-corrected chi connectivity index (χ2v) is 4.83. The molecule has 0 aliphatic heterocycles. The number of nitrogens with zero attached hydrogens (tertiary/aromatic N) is 4. The van der Waals surface area contributed by atoms with Gasteiger partial charge in [0.05, 0.1) is 20.3 Å². The first-order valence-electron chi connectivity index (χ1n) is 6.11. The van der Waals surface area contributed by atoms with Crippen LogP contribution in [0.4, 0.5) is 0 Å². The number of aryl methyl sites for hydroxylation is 2. The molecule has 0 saturated carbocycles. The van der Waals surface area contributed by atoms with Gasteiger partial charge in [-0.2, -0.15) is 4.80 Å². The number of rotatable bonds is 5. The van der Waals surface area contributed by atoms with E-state index in [1.807, 2.05) is 31.2 Å². The molecule has 6 heteroatoms. The van der Waals surface area contributed by atoms with Gasteiger partial charge in [-0.1, -0.05) is 29.8 Å². The predicted octanol–water partition coefficient (Wildman–Crippen LogP) is -0.0164. The Bertz CT molecular complexity index is 532. The van der Waals surface area contributed by atoms with Gasteiger partial charge in [-0.25, -0.2) is 0 Å². The van der Waals surface area contributed by atoms with Crippen molar-refractivity contribution in [2.24, 2.45) is 7.05 Å². The lowest BCUT2D eigenvalue weighted by atomic mass is 9.78. The highest BCUT2D eigenvalue weighted by Crippen LogP contribution is 2.27. The molecule has 0 saturated heterocycles. The Hall–Kier alpha value is -1.79. The Morgan fingerprint density at radius 3 is 2.26 bits per heavy atom. The van der Waals surface area contributed by atoms with Crippen molar-refractivity contribution in [1.29, 1.82) is 0 Å². The smallest absolute Gasteiger partial charge is 0.175 e. The third-order valence-electron chi connectivity index (χ3n) is 3.32. The fourth-order valence-electron chi connectivity index (χ4n) is 2.05. The molecule has 2 aromatic rings. The van der Waals surface area contributed by atoms with Crippen LogP contribution in [0.2, 0.25) is 0 Å². The predicted molar refractivity (Wildman–Crippen MR) is 69.5 cm³/mol. The van der Waals surface area contributed by atoms with Crippen LogP contribution in [0.25, 0.3) is 0 Å². The van der Waals surface area contributed by atoms with Gasteiger partial charge in [-0.15, -0.1) is 10.2 Å². The van der Waals surface area contributed by atoms with Crippen LogP contribution in [0.3, 0.4) is 0 Å². The van der Waals surface area contributed by atoms with Gasteiger partial charge in [0.1, 0.15) is 0 Å². The van der Waals surface area contributed by atoms with Crippen LogP contribution in [0.5, 0.6) is 0 Å². The SMILES string of the molecule is Cc1ccc(C(CO)(CO)Cc2nnn(C)n2)cc1. The molecule has 1 heterocycles. The average Bonchev–Trinajstić information content (AvgIpc) is 2.82. The lowest BCUT2D eigenvalue weighted by molar-refractivity contribution is 0.114. The van der Waals surface area contributed by atoms with Crippen molar-refractivity contribution in [3.63, 3.8) is 0 Å². The molecule has 19 heavy (non-hydrogen) atoms. The first-order valence-corrected chi connectivity index (χ1v) is 6.11. The van der Waals surface area contributed by atoms with Gasteiger partial charge >= 0.3 is 0 Å². The molecule has 1 aromatic heterocycles. The summed E-state index contributed by atoms with van der Waals surface area (Å²) in [5, 5.41) is 31.2. The summed E-state index contributed by atoms with van der Waals surface area (Å²) < 4.78 is 0. The Labute approximate surface area is 111 Å². The maximum atomic E-state index is 9.72. The van der Waals surface area contributed by atoms with E-state index in [0.29, 0.717) is 12.2 Å². The summed E-state index contributed by atoms with van der Waals surface area (Å²) in [4.78, 5) is 1.37. The Kier molecular flexibility index (Phi) is 3.92. The molecule has 0 aliphatic carbocycles. The van der Waals surface area contributed by atoms with Crippen LogP contribution in [0, 0.1) is 6.92 Å². The van der Waals surface area contributed by atoms with Crippen LogP contribution in [-0.4, -0.2) is 43.6 Å². The number of tetrazole rings is 1. The lowest BCUT2D eigenvalue weighted by Crippen LogP contribution is -2.37. The molecule has 102 valence electrons. The van der Waals surface area contributed by atoms with Gasteiger partial charge < -0.3 is 10.2 Å². The van der Waals surface area contributed by atoms with E-state index in [1.165, 1.54) is 4.80 Å². The standard InChI is InChI=1S/C13H18N4O2/c1-10-3-5-11(6-4-10)13(8-18,9-19)7-12-14-16-17(2)15-12/h3-6,18-19H,7-9H2,1-2H3. The summed E-state index contributed by atoms with van der Waals surface area (Å²) in [7, 11) is 1.68. The van der Waals surface area contributed by atoms with E-state index in [9.17, 15) is 10.2 Å². The Morgan fingerprint density at radius 2 is 1.79 bits per heavy atom. The maximum Gasteiger partial charge on any atom is 0.175 e. The second kappa shape index (κ2) is 5.46. The molecular weight excluding hydrogens is 244 g/mol. The number of hydrogen-bond acceptors (Lipinski definition) is 5. The van der Waals surface area contributed by atoms with Gasteiger partial charge in [0, 0.05) is 11.8 Å². The normalized spacial score (nSPS) is 11.8. The molecule has 0 fully saturated rings. The van der Waals surface area contributed by atoms with E-state index in [0.717, 1.165) is 11.1 Å². The summed E-state index contributed by atoms with van der Waals surface area (Å²) in [6.45, 7) is 1.64. The van der Waals surface area contributed by atoms with E-state index in [4.69, 9.17) is 0 Å². The van der Waals surface area contributed by atoms with Crippen molar-refractivity contribution in [2.45, 2.75) is 18.8 Å². The van der Waals surface area contributed by atoms with Gasteiger partial charge in [-0.3, -0.25) is 0 Å². The Balaban J connectivity index is 2.33. The first kappa shape index (κ1) is 13.6. The number of hydrogen-bond donors (Lipinski definition) is 2. The summed E-state index contributed by atoms with van der Waals surface area (Å²) in [5.41, 5.74) is 1.22. The van der Waals surface area contributed by atoms with Crippen molar-refractivity contribution < 1.29 is 10.2 Å². The molecule has 2 rings (SSSR count). The monoisotopic (exact) mass is 262 g/mol. The van der Waals surface area contributed by atoms with E-state index in [-0.39, 0.29) is 13.2 Å². The number of aromatic nitrogens is 4. The molecule has 2 N–H and O–H groups in total. The highest BCUT2D eigenvalue weighted by molar-refractivity contribution is 5.30. The zero-order valence-corrected chi connectivity index (χ0v) is 11.1. The zero-order chi connectivity index (χ0) is 13.9. The van der Waals surface area contributed by atoms with Crippen molar-refractivity contribution in [3.05, 3.63) is 41.2 Å². The van der Waals surface area contributed by atoms with Gasteiger partial charge in [-0.05, 0) is 17.7 Å². The number of aliphatic hydroxyl groups excluding tert-OH is 2. The summed E-state index contributed by atoms with van der Waals surface area (Å²) in [6, 6.07) is 7.75. The van der Waals surface area contributed by atoms with Crippen LogP contribution >= 0.6 is 0 Å². The highest BCUT2D eigenvalue weighted by atomic mass is 16.3. The molecule has 0 bridgehead atoms. The van der Waals surface area contributed by atoms with Crippen LogP contribution in [0.1, 0.15) is 17.0 Å². The third-order valence-corrected chi connectivity index (χ3v) is 3.32. The topological polar surface area (TPSA) is 84.1 Å². The summed E-state index contributed by atoms with van der Waals surface area (Å²) >= 11 is 0. The van der Waals surface area contributed by atoms with E-state index < -0.39 is 5.41 Å². The van der Waals surface area contributed by atoms with Crippen LogP contribution < -0.4 is 0 Å². The van der Waals surface area contributed by atoms with Crippen LogP contribution in [-0.2, 0) is 18.9 Å². The van der Waals surface area contributed by atoms with Gasteiger partial charge in [0.25, 0.3) is 0 Å². The maximum absolute atomic E-state index is 9.72. The third kappa shape index (κ3) is 2.80. The Morgan fingerprint density at radius 1 is 1.16 bits per heavy atom. The average molecular weight is 262 g/mol. The van der Waals surface area contributed by atoms with Crippen molar-refractivity contribution in [1.82, 2.24) is 20.2 Å². The molecule has 0 unspecified atom stereocenters. The highest BCUT2D eigenvalue weighted by Gasteiger charge is 2.33. The van der Waals surface area contributed by atoms with E-state index in [1.54, 1.807) is 7.05 Å². The molecule has 1 aromatic carbocycles. The minimum atomic E-state index is -0.781. The lowest BCUT2D eigenvalue weighted by Gasteiger charge is -2.29. The first-order chi connectivity index (χ1) is 9.09. The fraction of sp³-hybridized carbons (Fsp3) is 0.462. The fourth-order valence-corrected chi connectivity index (χ4v) is 2.05. The minimum Gasteiger partial charge on any atom is -0.395 e. The summed E-state index contributed by atoms with van der Waals surface area (Å²) in [6.07, 6.45) is 0.344. The largest absolute Gasteiger partial charge is 0.395 e. The number of benzene rings is 1. The van der Waals surface area contributed by atoms with Gasteiger partial charge in [0.15, 0.2) is 5.82 Å². The quantitative estimate of drug-likeness (QED) is 0.791. The minimum absolute atomic E-state index is 0.176. The second-order valence-electron chi connectivity index (χ2n) is 4.83. The molecular formula is C13H18N4O2. The van der Waals surface area contributed by atoms with E-state index in [2.05, 4.69) is 15.4 Å². The van der Waals surface area contributed by atoms with Crippen LogP contribution in [0.15, 0.2) is 24.3 Å². The van der Waals surface area contributed by atoms with Crippen molar-refractivity contribution in [2.75, 3.05) is 13.2 Å². The molecule has 0 aliphatic rings. The number of aliphatic hydroxyl groups is 2. The van der Waals surface area contributed by atoms with Crippen molar-refractivity contribution in [3.8, 4) is 0 Å². The molecule has 0 amide bonds.